The van der Waals surface area contributed by atoms with E-state index in [0.29, 0.717) is 16.3 Å². The number of halogens is 1. The highest BCUT2D eigenvalue weighted by Crippen LogP contribution is 2.31. The lowest BCUT2D eigenvalue weighted by atomic mass is 9.94. The van der Waals surface area contributed by atoms with E-state index in [2.05, 4.69) is 10.6 Å². The average Bonchev–Trinajstić information content (AvgIpc) is 2.78. The van der Waals surface area contributed by atoms with E-state index in [1.807, 2.05) is 71.9 Å². The number of amides is 3. The van der Waals surface area contributed by atoms with Crippen molar-refractivity contribution in [3.05, 3.63) is 63.7 Å². The zero-order valence-electron chi connectivity index (χ0n) is 23.4. The summed E-state index contributed by atoms with van der Waals surface area (Å²) >= 11 is 6.40. The van der Waals surface area contributed by atoms with Gasteiger partial charge in [-0.1, -0.05) is 61.3 Å². The molecule has 2 unspecified atom stereocenters. The Morgan fingerprint density at radius 2 is 1.68 bits per heavy atom. The number of likely N-dealkylation sites (N-methyl/N-ethyl adjacent to an activating group) is 1. The minimum Gasteiger partial charge on any atom is -0.444 e. The van der Waals surface area contributed by atoms with Gasteiger partial charge in [-0.15, -0.1) is 0 Å². The molecule has 2 atom stereocenters. The Hall–Kier alpha value is -3.06. The zero-order chi connectivity index (χ0) is 28.1. The molecule has 2 N–H and O–H groups in total. The number of hydrogen-bond donors (Lipinski definition) is 2. The number of hydrogen-bond acceptors (Lipinski definition) is 4. The topological polar surface area (TPSA) is 87.7 Å². The van der Waals surface area contributed by atoms with Gasteiger partial charge in [0.15, 0.2) is 0 Å². The van der Waals surface area contributed by atoms with Crippen LogP contribution in [0.2, 0.25) is 5.02 Å². The smallest absolute Gasteiger partial charge is 0.408 e. The molecule has 2 aromatic carbocycles. The van der Waals surface area contributed by atoms with Crippen molar-refractivity contribution in [1.29, 1.82) is 0 Å². The zero-order valence-corrected chi connectivity index (χ0v) is 24.1. The van der Waals surface area contributed by atoms with Gasteiger partial charge in [0.1, 0.15) is 17.7 Å². The van der Waals surface area contributed by atoms with Gasteiger partial charge in [0, 0.05) is 6.54 Å². The number of aryl methyl sites for hydroxylation is 3. The predicted octanol–water partition coefficient (Wildman–Crippen LogP) is 6.34. The quantitative estimate of drug-likeness (QED) is 0.417. The number of nitrogens with zero attached hydrogens (tertiary/aromatic N) is 1. The Kier molecular flexibility index (Phi) is 10.2. The van der Waals surface area contributed by atoms with Crippen molar-refractivity contribution in [2.75, 3.05) is 11.9 Å². The Morgan fingerprint density at radius 1 is 1.03 bits per heavy atom. The van der Waals surface area contributed by atoms with Crippen LogP contribution in [0.25, 0.3) is 0 Å². The lowest BCUT2D eigenvalue weighted by Gasteiger charge is -2.35. The first-order valence-corrected chi connectivity index (χ1v) is 13.0. The maximum absolute atomic E-state index is 14.0. The molecule has 7 nitrogen and oxygen atoms in total. The summed E-state index contributed by atoms with van der Waals surface area (Å²) < 4.78 is 5.40. The van der Waals surface area contributed by atoms with Crippen LogP contribution in [0.3, 0.4) is 0 Å². The van der Waals surface area contributed by atoms with Crippen molar-refractivity contribution >= 4 is 35.2 Å². The summed E-state index contributed by atoms with van der Waals surface area (Å²) in [6, 6.07) is 9.35. The second kappa shape index (κ2) is 12.5. The van der Waals surface area contributed by atoms with E-state index in [1.165, 1.54) is 4.90 Å². The van der Waals surface area contributed by atoms with E-state index in [9.17, 15) is 14.4 Å². The second-order valence-electron chi connectivity index (χ2n) is 10.7. The van der Waals surface area contributed by atoms with Gasteiger partial charge in [0.25, 0.3) is 5.91 Å². The highest BCUT2D eigenvalue weighted by molar-refractivity contribution is 6.34. The number of para-hydroxylation sites is 1. The van der Waals surface area contributed by atoms with Crippen LogP contribution in [0.15, 0.2) is 36.4 Å². The van der Waals surface area contributed by atoms with Crippen LogP contribution in [-0.4, -0.2) is 41.0 Å². The van der Waals surface area contributed by atoms with E-state index < -0.39 is 23.8 Å². The van der Waals surface area contributed by atoms with Crippen LogP contribution in [0.5, 0.6) is 0 Å². The van der Waals surface area contributed by atoms with Gasteiger partial charge < -0.3 is 20.3 Å². The summed E-state index contributed by atoms with van der Waals surface area (Å²) in [6.45, 7) is 16.7. The van der Waals surface area contributed by atoms with Crippen LogP contribution in [0.1, 0.15) is 69.8 Å². The number of benzene rings is 2. The van der Waals surface area contributed by atoms with Gasteiger partial charge in [-0.25, -0.2) is 4.79 Å². The normalized spacial score (nSPS) is 13.1. The van der Waals surface area contributed by atoms with E-state index in [0.717, 1.165) is 16.7 Å². The molecule has 37 heavy (non-hydrogen) atoms. The van der Waals surface area contributed by atoms with Gasteiger partial charge in [0.2, 0.25) is 5.91 Å². The molecular formula is C29H40ClN3O4. The maximum atomic E-state index is 14.0. The molecule has 2 aromatic rings. The molecule has 0 aliphatic rings. The molecule has 0 bridgehead atoms. The molecule has 2 rings (SSSR count). The molecule has 0 radical (unpaired) electrons. The summed E-state index contributed by atoms with van der Waals surface area (Å²) in [5.41, 5.74) is 3.13. The SMILES string of the molecule is CCN(C(=O)C(NC(=O)OC(C)(C)C)C(C)C)C(C(=O)Nc1c(C)cccc1Cl)c1cc(C)ccc1C. The molecule has 8 heteroatoms. The van der Waals surface area contributed by atoms with Crippen molar-refractivity contribution in [2.24, 2.45) is 5.92 Å². The fourth-order valence-electron chi connectivity index (χ4n) is 4.08. The van der Waals surface area contributed by atoms with Gasteiger partial charge in [0.05, 0.1) is 10.7 Å². The van der Waals surface area contributed by atoms with Crippen LogP contribution in [-0.2, 0) is 14.3 Å². The summed E-state index contributed by atoms with van der Waals surface area (Å²) in [6.07, 6.45) is -0.685. The Labute approximate surface area is 225 Å². The van der Waals surface area contributed by atoms with Crippen LogP contribution < -0.4 is 10.6 Å². The third-order valence-electron chi connectivity index (χ3n) is 5.99. The highest BCUT2D eigenvalue weighted by atomic mass is 35.5. The first kappa shape index (κ1) is 30.2. The van der Waals surface area contributed by atoms with Crippen molar-refractivity contribution < 1.29 is 19.1 Å². The van der Waals surface area contributed by atoms with E-state index in [-0.39, 0.29) is 24.3 Å². The lowest BCUT2D eigenvalue weighted by molar-refractivity contribution is -0.141. The lowest BCUT2D eigenvalue weighted by Crippen LogP contribution is -2.54. The number of rotatable bonds is 8. The number of nitrogens with one attached hydrogen (secondary N) is 2. The number of alkyl carbamates (subject to hydrolysis) is 1. The molecular weight excluding hydrogens is 490 g/mol. The summed E-state index contributed by atoms with van der Waals surface area (Å²) in [5.74, 6) is -1.01. The van der Waals surface area contributed by atoms with E-state index in [4.69, 9.17) is 16.3 Å². The molecule has 0 aliphatic carbocycles. The third-order valence-corrected chi connectivity index (χ3v) is 6.30. The van der Waals surface area contributed by atoms with Gasteiger partial charge in [-0.2, -0.15) is 0 Å². The molecule has 202 valence electrons. The standard InChI is InChI=1S/C29H40ClN3O4/c1-10-33(27(35)23(17(2)3)32-28(36)37-29(7,8)9)25(21-16-18(4)14-15-19(21)5)26(34)31-24-20(6)12-11-13-22(24)30/h11-17,23,25H,10H2,1-9H3,(H,31,34)(H,32,36). The minimum absolute atomic E-state index is 0.241. The second-order valence-corrected chi connectivity index (χ2v) is 11.1. The Bertz CT molecular complexity index is 1120. The number of carbonyl (C=O) groups is 3. The average molecular weight is 530 g/mol. The fourth-order valence-corrected chi connectivity index (χ4v) is 4.35. The first-order valence-electron chi connectivity index (χ1n) is 12.6. The molecule has 0 aromatic heterocycles. The van der Waals surface area contributed by atoms with Crippen LogP contribution >= 0.6 is 11.6 Å². The predicted molar refractivity (Wildman–Crippen MR) is 149 cm³/mol. The first-order chi connectivity index (χ1) is 17.2. The minimum atomic E-state index is -0.949. The highest BCUT2D eigenvalue weighted by Gasteiger charge is 2.37. The molecule has 0 heterocycles. The molecule has 3 amide bonds. The van der Waals surface area contributed by atoms with Crippen LogP contribution in [0.4, 0.5) is 10.5 Å². The largest absolute Gasteiger partial charge is 0.444 e. The number of ether oxygens (including phenoxy) is 1. The van der Waals surface area contributed by atoms with Crippen molar-refractivity contribution in [2.45, 2.75) is 80.0 Å². The fraction of sp³-hybridized carbons (Fsp3) is 0.483. The van der Waals surface area contributed by atoms with E-state index >= 15 is 0 Å². The molecule has 0 saturated carbocycles. The maximum Gasteiger partial charge on any atom is 0.408 e. The van der Waals surface area contributed by atoms with Crippen LogP contribution in [0, 0.1) is 26.7 Å². The molecule has 0 aliphatic heterocycles. The van der Waals surface area contributed by atoms with E-state index in [1.54, 1.807) is 26.8 Å². The molecule has 0 spiro atoms. The Balaban J connectivity index is 2.55. The van der Waals surface area contributed by atoms with Crippen molar-refractivity contribution in [1.82, 2.24) is 10.2 Å². The van der Waals surface area contributed by atoms with Crippen molar-refractivity contribution in [3.63, 3.8) is 0 Å². The Morgan fingerprint density at radius 3 is 2.22 bits per heavy atom. The number of carbonyl (C=O) groups excluding carboxylic acids is 3. The van der Waals surface area contributed by atoms with Crippen molar-refractivity contribution in [3.8, 4) is 0 Å². The molecule has 0 fully saturated rings. The summed E-state index contributed by atoms with van der Waals surface area (Å²) in [7, 11) is 0. The number of anilines is 1. The van der Waals surface area contributed by atoms with Gasteiger partial charge in [-0.3, -0.25) is 9.59 Å². The van der Waals surface area contributed by atoms with Gasteiger partial charge in [-0.05, 0) is 77.1 Å². The third kappa shape index (κ3) is 7.96. The summed E-state index contributed by atoms with van der Waals surface area (Å²) in [5, 5.41) is 6.09. The molecule has 0 saturated heterocycles. The van der Waals surface area contributed by atoms with Gasteiger partial charge >= 0.3 is 6.09 Å². The monoisotopic (exact) mass is 529 g/mol. The summed E-state index contributed by atoms with van der Waals surface area (Å²) in [4.78, 5) is 42.0.